The first-order valence-electron chi connectivity index (χ1n) is 4.07. The molecule has 0 aliphatic rings. The standard InChI is InChI=1S/C8H11N3O2/c9-11-10-7(3-1-5-12)8-4-2-6-13-8/h2,4,6-7,12H,1,3,5H2. The molecule has 0 bridgehead atoms. The summed E-state index contributed by atoms with van der Waals surface area (Å²) in [7, 11) is 0. The minimum absolute atomic E-state index is 0.0954. The predicted molar refractivity (Wildman–Crippen MR) is 46.9 cm³/mol. The van der Waals surface area contributed by atoms with Crippen molar-refractivity contribution in [3.05, 3.63) is 34.6 Å². The molecule has 0 spiro atoms. The first-order chi connectivity index (χ1) is 6.38. The Labute approximate surface area is 75.6 Å². The van der Waals surface area contributed by atoms with Crippen LogP contribution >= 0.6 is 0 Å². The zero-order valence-electron chi connectivity index (χ0n) is 7.13. The van der Waals surface area contributed by atoms with Gasteiger partial charge in [0.25, 0.3) is 0 Å². The van der Waals surface area contributed by atoms with Crippen LogP contribution in [0, 0.1) is 0 Å². The van der Waals surface area contributed by atoms with Crippen LogP contribution in [0.5, 0.6) is 0 Å². The van der Waals surface area contributed by atoms with Gasteiger partial charge in [-0.25, -0.2) is 0 Å². The fourth-order valence-electron chi connectivity index (χ4n) is 1.08. The highest BCUT2D eigenvalue weighted by molar-refractivity contribution is 5.04. The lowest BCUT2D eigenvalue weighted by molar-refractivity contribution is 0.276. The minimum Gasteiger partial charge on any atom is -0.469 e. The molecule has 0 fully saturated rings. The van der Waals surface area contributed by atoms with E-state index in [2.05, 4.69) is 10.0 Å². The van der Waals surface area contributed by atoms with Crippen molar-refractivity contribution in [1.82, 2.24) is 0 Å². The number of nitrogens with zero attached hydrogens (tertiary/aromatic N) is 3. The van der Waals surface area contributed by atoms with Gasteiger partial charge in [0.2, 0.25) is 0 Å². The van der Waals surface area contributed by atoms with E-state index in [0.29, 0.717) is 18.6 Å². The molecule has 1 atom stereocenters. The van der Waals surface area contributed by atoms with E-state index in [-0.39, 0.29) is 12.6 Å². The normalized spacial score (nSPS) is 12.1. The number of hydrogen-bond donors (Lipinski definition) is 1. The van der Waals surface area contributed by atoms with Gasteiger partial charge in [0.15, 0.2) is 0 Å². The van der Waals surface area contributed by atoms with Crippen molar-refractivity contribution in [2.24, 2.45) is 5.11 Å². The molecule has 70 valence electrons. The minimum atomic E-state index is -0.299. The van der Waals surface area contributed by atoms with Gasteiger partial charge < -0.3 is 9.52 Å². The number of furan rings is 1. The van der Waals surface area contributed by atoms with Gasteiger partial charge in [0.05, 0.1) is 12.3 Å². The van der Waals surface area contributed by atoms with Crippen LogP contribution in [0.4, 0.5) is 0 Å². The molecular weight excluding hydrogens is 170 g/mol. The molecule has 1 N–H and O–H groups in total. The van der Waals surface area contributed by atoms with Crippen LogP contribution in [0.1, 0.15) is 24.6 Å². The van der Waals surface area contributed by atoms with Gasteiger partial charge in [-0.15, -0.1) is 0 Å². The number of aliphatic hydroxyl groups excluding tert-OH is 1. The predicted octanol–water partition coefficient (Wildman–Crippen LogP) is 2.40. The summed E-state index contributed by atoms with van der Waals surface area (Å²) in [5.41, 5.74) is 8.29. The number of azide groups is 1. The van der Waals surface area contributed by atoms with Gasteiger partial charge in [-0.2, -0.15) is 0 Å². The van der Waals surface area contributed by atoms with E-state index in [4.69, 9.17) is 15.1 Å². The second kappa shape index (κ2) is 5.24. The Morgan fingerprint density at radius 2 is 2.54 bits per heavy atom. The summed E-state index contributed by atoms with van der Waals surface area (Å²) in [4.78, 5) is 2.73. The number of aliphatic hydroxyl groups is 1. The summed E-state index contributed by atoms with van der Waals surface area (Å²) in [6, 6.07) is 3.21. The first-order valence-corrected chi connectivity index (χ1v) is 4.07. The first kappa shape index (κ1) is 9.64. The molecule has 0 aromatic carbocycles. The summed E-state index contributed by atoms with van der Waals surface area (Å²) in [5, 5.41) is 12.2. The summed E-state index contributed by atoms with van der Waals surface area (Å²) in [5.74, 6) is 0.645. The molecule has 1 rings (SSSR count). The van der Waals surface area contributed by atoms with Gasteiger partial charge in [-0.1, -0.05) is 5.11 Å². The number of hydrogen-bond acceptors (Lipinski definition) is 3. The van der Waals surface area contributed by atoms with Gasteiger partial charge in [-0.05, 0) is 30.5 Å². The molecule has 1 aromatic rings. The van der Waals surface area contributed by atoms with E-state index in [9.17, 15) is 0 Å². The third-order valence-corrected chi connectivity index (χ3v) is 1.70. The van der Waals surface area contributed by atoms with Crippen molar-refractivity contribution in [2.75, 3.05) is 6.61 Å². The molecule has 1 heterocycles. The van der Waals surface area contributed by atoms with Crippen molar-refractivity contribution in [3.8, 4) is 0 Å². The number of rotatable bonds is 5. The lowest BCUT2D eigenvalue weighted by atomic mass is 10.1. The molecule has 0 radical (unpaired) electrons. The maximum Gasteiger partial charge on any atom is 0.112 e. The zero-order valence-corrected chi connectivity index (χ0v) is 7.13. The summed E-state index contributed by atoms with van der Waals surface area (Å²) < 4.78 is 5.10. The van der Waals surface area contributed by atoms with Crippen molar-refractivity contribution >= 4 is 0 Å². The molecule has 0 saturated heterocycles. The Morgan fingerprint density at radius 3 is 3.08 bits per heavy atom. The lowest BCUT2D eigenvalue weighted by Crippen LogP contribution is -1.94. The van der Waals surface area contributed by atoms with Gasteiger partial charge in [0.1, 0.15) is 5.76 Å². The molecule has 0 aliphatic heterocycles. The monoisotopic (exact) mass is 181 g/mol. The van der Waals surface area contributed by atoms with E-state index in [1.54, 1.807) is 12.1 Å². The second-order valence-electron chi connectivity index (χ2n) is 2.60. The molecule has 0 aliphatic carbocycles. The van der Waals surface area contributed by atoms with Crippen LogP contribution in [0.2, 0.25) is 0 Å². The van der Waals surface area contributed by atoms with Crippen LogP contribution in [0.25, 0.3) is 10.4 Å². The second-order valence-corrected chi connectivity index (χ2v) is 2.60. The van der Waals surface area contributed by atoms with Crippen LogP contribution < -0.4 is 0 Å². The molecule has 1 aromatic heterocycles. The fourth-order valence-corrected chi connectivity index (χ4v) is 1.08. The van der Waals surface area contributed by atoms with Crippen LogP contribution in [-0.4, -0.2) is 11.7 Å². The Hall–Kier alpha value is -1.45. The average molecular weight is 181 g/mol. The van der Waals surface area contributed by atoms with Crippen LogP contribution in [0.3, 0.4) is 0 Å². The largest absolute Gasteiger partial charge is 0.469 e. The SMILES string of the molecule is [N-]=[N+]=NC(CCCO)c1ccco1. The molecular formula is C8H11N3O2. The van der Waals surface area contributed by atoms with E-state index in [1.807, 2.05) is 0 Å². The average Bonchev–Trinajstić information content (AvgIpc) is 2.65. The zero-order chi connectivity index (χ0) is 9.52. The highest BCUT2D eigenvalue weighted by Gasteiger charge is 2.11. The third kappa shape index (κ3) is 2.82. The molecule has 0 amide bonds. The Kier molecular flexibility index (Phi) is 3.88. The van der Waals surface area contributed by atoms with Crippen molar-refractivity contribution < 1.29 is 9.52 Å². The van der Waals surface area contributed by atoms with E-state index < -0.39 is 0 Å². The maximum absolute atomic E-state index is 8.62. The highest BCUT2D eigenvalue weighted by atomic mass is 16.3. The molecule has 1 unspecified atom stereocenters. The Morgan fingerprint density at radius 1 is 1.69 bits per heavy atom. The Bertz CT molecular complexity index is 278. The Balaban J connectivity index is 2.63. The molecule has 0 saturated carbocycles. The summed E-state index contributed by atoms with van der Waals surface area (Å²) in [6.07, 6.45) is 2.74. The van der Waals surface area contributed by atoms with Gasteiger partial charge in [0, 0.05) is 11.5 Å². The molecule has 5 heteroatoms. The van der Waals surface area contributed by atoms with Gasteiger partial charge >= 0.3 is 0 Å². The maximum atomic E-state index is 8.62. The van der Waals surface area contributed by atoms with E-state index in [0.717, 1.165) is 0 Å². The van der Waals surface area contributed by atoms with Crippen LogP contribution in [0.15, 0.2) is 27.9 Å². The van der Waals surface area contributed by atoms with Crippen molar-refractivity contribution in [2.45, 2.75) is 18.9 Å². The lowest BCUT2D eigenvalue weighted by Gasteiger charge is -2.05. The third-order valence-electron chi connectivity index (χ3n) is 1.70. The van der Waals surface area contributed by atoms with Gasteiger partial charge in [-0.3, -0.25) is 0 Å². The van der Waals surface area contributed by atoms with Crippen molar-refractivity contribution in [3.63, 3.8) is 0 Å². The topological polar surface area (TPSA) is 82.1 Å². The highest BCUT2D eigenvalue weighted by Crippen LogP contribution is 2.22. The molecule has 5 nitrogen and oxygen atoms in total. The summed E-state index contributed by atoms with van der Waals surface area (Å²) >= 11 is 0. The fraction of sp³-hybridized carbons (Fsp3) is 0.500. The smallest absolute Gasteiger partial charge is 0.112 e. The van der Waals surface area contributed by atoms with Crippen molar-refractivity contribution in [1.29, 1.82) is 0 Å². The van der Waals surface area contributed by atoms with E-state index in [1.165, 1.54) is 6.26 Å². The quantitative estimate of drug-likeness (QED) is 0.429. The van der Waals surface area contributed by atoms with E-state index >= 15 is 0 Å². The molecule has 13 heavy (non-hydrogen) atoms. The summed E-state index contributed by atoms with van der Waals surface area (Å²) in [6.45, 7) is 0.0954. The van der Waals surface area contributed by atoms with Crippen LogP contribution in [-0.2, 0) is 0 Å².